The average Bonchev–Trinajstić information content (AvgIpc) is 2.56. The zero-order valence-electron chi connectivity index (χ0n) is 17.6. The zero-order chi connectivity index (χ0) is 18.6. The SMILES string of the molecule is CCCCCCCCCCCCCCCCCCCCOP(=O)([O-])O.[Li+]. The third-order valence-electron chi connectivity index (χ3n) is 4.75. The first-order valence-electron chi connectivity index (χ1n) is 10.7. The number of hydrogen-bond donors (Lipinski definition) is 1. The molecule has 1 atom stereocenters. The largest absolute Gasteiger partial charge is 1.00 e. The van der Waals surface area contributed by atoms with Crippen LogP contribution in [0.5, 0.6) is 0 Å². The zero-order valence-corrected chi connectivity index (χ0v) is 18.4. The van der Waals surface area contributed by atoms with Crippen molar-refractivity contribution in [3.63, 3.8) is 0 Å². The Morgan fingerprint density at radius 1 is 0.654 bits per heavy atom. The molecule has 0 bridgehead atoms. The summed E-state index contributed by atoms with van der Waals surface area (Å²) in [5.41, 5.74) is 0. The van der Waals surface area contributed by atoms with Crippen molar-refractivity contribution in [2.75, 3.05) is 6.61 Å². The third kappa shape index (κ3) is 26.9. The van der Waals surface area contributed by atoms with Crippen molar-refractivity contribution in [2.45, 2.75) is 122 Å². The molecule has 0 aromatic heterocycles. The molecular formula is C20H42LiO4P. The van der Waals surface area contributed by atoms with E-state index < -0.39 is 7.82 Å². The fraction of sp³-hybridized carbons (Fsp3) is 1.00. The molecule has 26 heavy (non-hydrogen) atoms. The van der Waals surface area contributed by atoms with E-state index in [1.165, 1.54) is 96.3 Å². The van der Waals surface area contributed by atoms with E-state index in [2.05, 4.69) is 11.4 Å². The Bertz CT molecular complexity index is 310. The summed E-state index contributed by atoms with van der Waals surface area (Å²) in [5.74, 6) is 0. The summed E-state index contributed by atoms with van der Waals surface area (Å²) >= 11 is 0. The van der Waals surface area contributed by atoms with Crippen molar-refractivity contribution in [1.82, 2.24) is 0 Å². The Morgan fingerprint density at radius 3 is 1.19 bits per heavy atom. The summed E-state index contributed by atoms with van der Waals surface area (Å²) < 4.78 is 14.7. The average molecular weight is 384 g/mol. The number of phosphoric acid groups is 1. The molecule has 0 rings (SSSR count). The molecular weight excluding hydrogens is 342 g/mol. The maximum Gasteiger partial charge on any atom is 1.00 e. The predicted molar refractivity (Wildman–Crippen MR) is 105 cm³/mol. The second kappa shape index (κ2) is 22.0. The summed E-state index contributed by atoms with van der Waals surface area (Å²) in [7, 11) is -4.51. The predicted octanol–water partition coefficient (Wildman–Crippen LogP) is 3.51. The fourth-order valence-electron chi connectivity index (χ4n) is 3.18. The quantitative estimate of drug-likeness (QED) is 0.198. The van der Waals surface area contributed by atoms with Crippen molar-refractivity contribution in [3.8, 4) is 0 Å². The standard InChI is InChI=1S/C20H43O4P.Li/c1-2-3-4-5-6-7-8-9-10-11-12-13-14-15-16-17-18-19-20-24-25(21,22)23;/h2-20H2,1H3,(H2,21,22,23);/q;+1/p-1. The van der Waals surface area contributed by atoms with E-state index in [0.29, 0.717) is 6.42 Å². The van der Waals surface area contributed by atoms with Crippen LogP contribution in [0.3, 0.4) is 0 Å². The van der Waals surface area contributed by atoms with Crippen LogP contribution in [0.2, 0.25) is 0 Å². The number of unbranched alkanes of at least 4 members (excludes halogenated alkanes) is 17. The Morgan fingerprint density at radius 2 is 0.923 bits per heavy atom. The van der Waals surface area contributed by atoms with Crippen LogP contribution in [-0.2, 0) is 9.09 Å². The molecule has 0 aliphatic carbocycles. The molecule has 0 amide bonds. The smallest absolute Gasteiger partial charge is 0.756 e. The molecule has 0 aromatic rings. The molecule has 1 unspecified atom stereocenters. The molecule has 0 aromatic carbocycles. The molecule has 0 radical (unpaired) electrons. The second-order valence-electron chi connectivity index (χ2n) is 7.31. The van der Waals surface area contributed by atoms with Gasteiger partial charge >= 0.3 is 18.9 Å². The van der Waals surface area contributed by atoms with Gasteiger partial charge < -0.3 is 14.3 Å². The van der Waals surface area contributed by atoms with Gasteiger partial charge in [-0.05, 0) is 6.42 Å². The number of hydrogen-bond acceptors (Lipinski definition) is 3. The first kappa shape index (κ1) is 28.9. The van der Waals surface area contributed by atoms with Crippen LogP contribution < -0.4 is 23.8 Å². The van der Waals surface area contributed by atoms with E-state index in [1.807, 2.05) is 0 Å². The molecule has 1 N–H and O–H groups in total. The van der Waals surface area contributed by atoms with Gasteiger partial charge in [0, 0.05) is 0 Å². The van der Waals surface area contributed by atoms with Crippen molar-refractivity contribution in [3.05, 3.63) is 0 Å². The van der Waals surface area contributed by atoms with Gasteiger partial charge in [-0.25, -0.2) is 0 Å². The molecule has 0 spiro atoms. The van der Waals surface area contributed by atoms with Crippen LogP contribution in [0, 0.1) is 0 Å². The Hall–Kier alpha value is 0.707. The molecule has 0 saturated heterocycles. The second-order valence-corrected chi connectivity index (χ2v) is 8.51. The fourth-order valence-corrected chi connectivity index (χ4v) is 3.54. The van der Waals surface area contributed by atoms with Gasteiger partial charge in [-0.3, -0.25) is 4.57 Å². The summed E-state index contributed by atoms with van der Waals surface area (Å²) in [6.07, 6.45) is 23.4. The van der Waals surface area contributed by atoms with Gasteiger partial charge in [0.25, 0.3) is 7.82 Å². The van der Waals surface area contributed by atoms with E-state index in [4.69, 9.17) is 4.89 Å². The minimum absolute atomic E-state index is 0. The van der Waals surface area contributed by atoms with E-state index in [1.54, 1.807) is 0 Å². The van der Waals surface area contributed by atoms with Gasteiger partial charge in [-0.2, -0.15) is 0 Å². The maximum absolute atomic E-state index is 10.4. The van der Waals surface area contributed by atoms with Crippen LogP contribution in [0.4, 0.5) is 0 Å². The van der Waals surface area contributed by atoms with E-state index >= 15 is 0 Å². The summed E-state index contributed by atoms with van der Waals surface area (Å²) in [5, 5.41) is 0. The van der Waals surface area contributed by atoms with Crippen molar-refractivity contribution >= 4 is 7.82 Å². The summed E-state index contributed by atoms with van der Waals surface area (Å²) in [6.45, 7) is 2.38. The van der Waals surface area contributed by atoms with Crippen LogP contribution in [0.25, 0.3) is 0 Å². The topological polar surface area (TPSA) is 69.6 Å². The first-order valence-corrected chi connectivity index (χ1v) is 12.2. The van der Waals surface area contributed by atoms with Crippen LogP contribution in [0.1, 0.15) is 122 Å². The molecule has 152 valence electrons. The van der Waals surface area contributed by atoms with Crippen molar-refractivity contribution in [2.24, 2.45) is 0 Å². The number of rotatable bonds is 20. The molecule has 0 aliphatic rings. The van der Waals surface area contributed by atoms with E-state index in [0.717, 1.165) is 12.8 Å². The van der Waals surface area contributed by atoms with Gasteiger partial charge in [0.05, 0.1) is 6.61 Å². The monoisotopic (exact) mass is 384 g/mol. The van der Waals surface area contributed by atoms with Gasteiger partial charge in [0.15, 0.2) is 0 Å². The summed E-state index contributed by atoms with van der Waals surface area (Å²) in [6, 6.07) is 0. The van der Waals surface area contributed by atoms with Crippen molar-refractivity contribution in [1.29, 1.82) is 0 Å². The first-order chi connectivity index (χ1) is 12.1. The Kier molecular flexibility index (Phi) is 24.5. The van der Waals surface area contributed by atoms with E-state index in [-0.39, 0.29) is 25.5 Å². The van der Waals surface area contributed by atoms with Crippen molar-refractivity contribution < 1.29 is 37.7 Å². The van der Waals surface area contributed by atoms with Crippen LogP contribution in [0.15, 0.2) is 0 Å². The van der Waals surface area contributed by atoms with E-state index in [9.17, 15) is 9.46 Å². The minimum atomic E-state index is -4.51. The maximum atomic E-state index is 10.4. The van der Waals surface area contributed by atoms with Gasteiger partial charge in [-0.15, -0.1) is 0 Å². The van der Waals surface area contributed by atoms with Gasteiger partial charge in [-0.1, -0.05) is 116 Å². The minimum Gasteiger partial charge on any atom is -0.756 e. The van der Waals surface area contributed by atoms with Gasteiger partial charge in [0.1, 0.15) is 0 Å². The normalized spacial score (nSPS) is 13.3. The third-order valence-corrected chi connectivity index (χ3v) is 5.26. The molecule has 0 aliphatic heterocycles. The van der Waals surface area contributed by atoms with Crippen LogP contribution >= 0.6 is 7.82 Å². The Labute approximate surface area is 174 Å². The summed E-state index contributed by atoms with van der Waals surface area (Å²) in [4.78, 5) is 18.8. The Balaban J connectivity index is 0. The molecule has 4 nitrogen and oxygen atoms in total. The molecule has 6 heteroatoms. The molecule has 0 saturated carbocycles. The molecule has 0 heterocycles. The molecule has 0 fully saturated rings. The number of phosphoric ester groups is 1. The van der Waals surface area contributed by atoms with Gasteiger partial charge in [0.2, 0.25) is 0 Å². The van der Waals surface area contributed by atoms with Crippen LogP contribution in [-0.4, -0.2) is 11.5 Å².